The maximum atomic E-state index is 13.0. The molecule has 1 aliphatic heterocycles. The van der Waals surface area contributed by atoms with Crippen molar-refractivity contribution in [2.75, 3.05) is 31.1 Å². The van der Waals surface area contributed by atoms with Crippen LogP contribution < -0.4 is 10.2 Å². The van der Waals surface area contributed by atoms with Crippen molar-refractivity contribution in [2.45, 2.75) is 12.8 Å². The van der Waals surface area contributed by atoms with Gasteiger partial charge in [0.05, 0.1) is 5.01 Å². The van der Waals surface area contributed by atoms with Crippen LogP contribution in [0.5, 0.6) is 0 Å². The Morgan fingerprint density at radius 3 is 2.67 bits per heavy atom. The van der Waals surface area contributed by atoms with Crippen LogP contribution in [0.15, 0.2) is 30.6 Å². The van der Waals surface area contributed by atoms with Gasteiger partial charge in [-0.25, -0.2) is 19.3 Å². The highest BCUT2D eigenvalue weighted by molar-refractivity contribution is 7.18. The van der Waals surface area contributed by atoms with Crippen molar-refractivity contribution in [3.63, 3.8) is 0 Å². The Balaban J connectivity index is 1.55. The number of hydrogen-bond acceptors (Lipinski definition) is 6. The summed E-state index contributed by atoms with van der Waals surface area (Å²) in [6, 6.07) is 6.66. The summed E-state index contributed by atoms with van der Waals surface area (Å²) in [6.07, 6.45) is 3.30. The summed E-state index contributed by atoms with van der Waals surface area (Å²) in [7, 11) is 0. The van der Waals surface area contributed by atoms with Gasteiger partial charge in [0.15, 0.2) is 5.82 Å². The van der Waals surface area contributed by atoms with Gasteiger partial charge in [0.1, 0.15) is 22.5 Å². The van der Waals surface area contributed by atoms with Crippen molar-refractivity contribution < 1.29 is 4.39 Å². The minimum absolute atomic E-state index is 0.199. The molecule has 124 valence electrons. The number of hydrogen-bond donors (Lipinski definition) is 1. The predicted molar refractivity (Wildman–Crippen MR) is 94.1 cm³/mol. The van der Waals surface area contributed by atoms with Crippen LogP contribution in [0.1, 0.15) is 10.6 Å². The first-order valence-corrected chi connectivity index (χ1v) is 8.92. The highest BCUT2D eigenvalue weighted by atomic mass is 32.1. The molecule has 4 rings (SSSR count). The molecule has 0 unspecified atom stereocenters. The molecule has 0 aliphatic carbocycles. The van der Waals surface area contributed by atoms with E-state index in [-0.39, 0.29) is 5.82 Å². The Morgan fingerprint density at radius 1 is 1.08 bits per heavy atom. The molecule has 0 amide bonds. The molecule has 1 N–H and O–H groups in total. The Kier molecular flexibility index (Phi) is 4.36. The van der Waals surface area contributed by atoms with E-state index in [0.717, 1.165) is 65.8 Å². The molecule has 0 bridgehead atoms. The monoisotopic (exact) mass is 343 g/mol. The lowest BCUT2D eigenvalue weighted by Gasteiger charge is -2.28. The summed E-state index contributed by atoms with van der Waals surface area (Å²) in [6.45, 7) is 3.81. The molecule has 2 aromatic heterocycles. The quantitative estimate of drug-likeness (QED) is 0.788. The molecule has 5 nitrogen and oxygen atoms in total. The fourth-order valence-electron chi connectivity index (χ4n) is 2.90. The van der Waals surface area contributed by atoms with E-state index >= 15 is 0 Å². The zero-order valence-corrected chi connectivity index (χ0v) is 14.0. The Bertz CT molecular complexity index is 827. The van der Waals surface area contributed by atoms with Gasteiger partial charge in [-0.1, -0.05) is 23.5 Å². The number of rotatable bonds is 4. The molecule has 0 spiro atoms. The van der Waals surface area contributed by atoms with Gasteiger partial charge in [-0.2, -0.15) is 0 Å². The van der Waals surface area contributed by atoms with Crippen molar-refractivity contribution in [2.24, 2.45) is 0 Å². The van der Waals surface area contributed by atoms with Crippen LogP contribution in [0.25, 0.3) is 10.3 Å². The Hall–Kier alpha value is -2.12. The summed E-state index contributed by atoms with van der Waals surface area (Å²) in [5.41, 5.74) is 2.02. The van der Waals surface area contributed by atoms with Crippen molar-refractivity contribution in [1.29, 1.82) is 0 Å². The first kappa shape index (κ1) is 15.4. The number of nitrogens with zero attached hydrogens (tertiary/aromatic N) is 4. The minimum atomic E-state index is -0.199. The lowest BCUT2D eigenvalue weighted by atomic mass is 10.1. The maximum Gasteiger partial charge on any atom is 0.159 e. The van der Waals surface area contributed by atoms with Crippen LogP contribution in [0.3, 0.4) is 0 Å². The molecule has 3 heterocycles. The van der Waals surface area contributed by atoms with Crippen LogP contribution >= 0.6 is 11.3 Å². The standard InChI is InChI=1S/C17H18FN5S/c18-13-4-1-12(2-5-13)3-6-14-22-15-16(20-11-21-17(15)24-14)23-9-7-19-8-10-23/h1-2,4-5,11,19H,3,6-10H2. The highest BCUT2D eigenvalue weighted by Gasteiger charge is 2.18. The van der Waals surface area contributed by atoms with E-state index < -0.39 is 0 Å². The average molecular weight is 343 g/mol. The second-order valence-corrected chi connectivity index (χ2v) is 6.88. The van der Waals surface area contributed by atoms with Crippen LogP contribution in [0.4, 0.5) is 10.2 Å². The number of aryl methyl sites for hydroxylation is 2. The lowest BCUT2D eigenvalue weighted by Crippen LogP contribution is -2.44. The Morgan fingerprint density at radius 2 is 1.88 bits per heavy atom. The van der Waals surface area contributed by atoms with Gasteiger partial charge in [-0.15, -0.1) is 0 Å². The first-order valence-electron chi connectivity index (χ1n) is 8.10. The lowest BCUT2D eigenvalue weighted by molar-refractivity contribution is 0.586. The van der Waals surface area contributed by atoms with Crippen molar-refractivity contribution >= 4 is 27.5 Å². The molecule has 1 fully saturated rings. The summed E-state index contributed by atoms with van der Waals surface area (Å²) in [5, 5.41) is 4.40. The number of benzene rings is 1. The molecular weight excluding hydrogens is 325 g/mol. The normalized spacial score (nSPS) is 15.1. The summed E-state index contributed by atoms with van der Waals surface area (Å²) < 4.78 is 13.0. The van der Waals surface area contributed by atoms with Crippen molar-refractivity contribution in [3.8, 4) is 0 Å². The number of piperazine rings is 1. The van der Waals surface area contributed by atoms with Gasteiger partial charge in [0, 0.05) is 32.6 Å². The number of thiazole rings is 1. The third kappa shape index (κ3) is 3.22. The molecule has 1 aromatic carbocycles. The van der Waals surface area contributed by atoms with E-state index in [9.17, 15) is 4.39 Å². The predicted octanol–water partition coefficient (Wildman–Crippen LogP) is 2.42. The SMILES string of the molecule is Fc1ccc(CCc2nc3c(N4CCNCC4)ncnc3s2)cc1. The number of anilines is 1. The molecular formula is C17H18FN5S. The number of aromatic nitrogens is 3. The van der Waals surface area contributed by atoms with E-state index in [0.29, 0.717) is 0 Å². The van der Waals surface area contributed by atoms with E-state index in [4.69, 9.17) is 4.98 Å². The summed E-state index contributed by atoms with van der Waals surface area (Å²) in [5.74, 6) is 0.737. The molecule has 1 aliphatic rings. The van der Waals surface area contributed by atoms with E-state index in [1.165, 1.54) is 12.1 Å². The van der Waals surface area contributed by atoms with Gasteiger partial charge in [0.2, 0.25) is 0 Å². The zero-order chi connectivity index (χ0) is 16.4. The average Bonchev–Trinajstić information content (AvgIpc) is 3.05. The molecule has 0 radical (unpaired) electrons. The van der Waals surface area contributed by atoms with E-state index in [2.05, 4.69) is 20.2 Å². The first-order chi connectivity index (χ1) is 11.8. The third-order valence-corrected chi connectivity index (χ3v) is 5.20. The highest BCUT2D eigenvalue weighted by Crippen LogP contribution is 2.27. The fraction of sp³-hybridized carbons (Fsp3) is 0.353. The van der Waals surface area contributed by atoms with Gasteiger partial charge in [-0.3, -0.25) is 0 Å². The maximum absolute atomic E-state index is 13.0. The molecule has 0 saturated carbocycles. The summed E-state index contributed by atoms with van der Waals surface area (Å²) >= 11 is 1.62. The molecule has 24 heavy (non-hydrogen) atoms. The second-order valence-electron chi connectivity index (χ2n) is 5.82. The number of nitrogens with one attached hydrogen (secondary N) is 1. The fourth-order valence-corrected chi connectivity index (χ4v) is 3.80. The van der Waals surface area contributed by atoms with Crippen molar-refractivity contribution in [1.82, 2.24) is 20.3 Å². The Labute approximate surface area is 143 Å². The van der Waals surface area contributed by atoms with E-state index in [1.54, 1.807) is 17.7 Å². The van der Waals surface area contributed by atoms with Crippen LogP contribution in [-0.2, 0) is 12.8 Å². The van der Waals surface area contributed by atoms with Gasteiger partial charge >= 0.3 is 0 Å². The number of fused-ring (bicyclic) bond motifs is 1. The van der Waals surface area contributed by atoms with Crippen molar-refractivity contribution in [3.05, 3.63) is 47.0 Å². The smallest absolute Gasteiger partial charge is 0.159 e. The van der Waals surface area contributed by atoms with Crippen LogP contribution in [-0.4, -0.2) is 41.1 Å². The van der Waals surface area contributed by atoms with Crippen LogP contribution in [0.2, 0.25) is 0 Å². The second kappa shape index (κ2) is 6.78. The molecule has 0 atom stereocenters. The van der Waals surface area contributed by atoms with Gasteiger partial charge in [0.25, 0.3) is 0 Å². The van der Waals surface area contributed by atoms with Crippen LogP contribution in [0, 0.1) is 5.82 Å². The van der Waals surface area contributed by atoms with E-state index in [1.807, 2.05) is 12.1 Å². The molecule has 7 heteroatoms. The van der Waals surface area contributed by atoms with Gasteiger partial charge < -0.3 is 10.2 Å². The largest absolute Gasteiger partial charge is 0.352 e. The summed E-state index contributed by atoms with van der Waals surface area (Å²) in [4.78, 5) is 16.8. The zero-order valence-electron chi connectivity index (χ0n) is 13.2. The molecule has 3 aromatic rings. The topological polar surface area (TPSA) is 53.9 Å². The number of halogens is 1. The minimum Gasteiger partial charge on any atom is -0.352 e. The van der Waals surface area contributed by atoms with Gasteiger partial charge in [-0.05, 0) is 24.1 Å². The third-order valence-electron chi connectivity index (χ3n) is 4.18. The molecule has 1 saturated heterocycles.